The van der Waals surface area contributed by atoms with E-state index in [1.165, 1.54) is 36.4 Å². The van der Waals surface area contributed by atoms with E-state index in [2.05, 4.69) is 29.6 Å². The zero-order valence-corrected chi connectivity index (χ0v) is 43.2. The maximum absolute atomic E-state index is 13.5. The molecule has 6 heterocycles. The first-order chi connectivity index (χ1) is 32.7. The summed E-state index contributed by atoms with van der Waals surface area (Å²) in [6.07, 6.45) is 7.02. The topological polar surface area (TPSA) is 260 Å². The summed E-state index contributed by atoms with van der Waals surface area (Å²) in [5.74, 6) is -1.55. The molecule has 2 aliphatic heterocycles. The Morgan fingerprint density at radius 2 is 1.24 bits per heavy atom. The van der Waals surface area contributed by atoms with Gasteiger partial charge in [0.15, 0.2) is 5.65 Å². The highest BCUT2D eigenvalue weighted by Crippen LogP contribution is 2.35. The van der Waals surface area contributed by atoms with Gasteiger partial charge in [-0.05, 0) is 116 Å². The third-order valence-electron chi connectivity index (χ3n) is 10.8. The van der Waals surface area contributed by atoms with Gasteiger partial charge in [0.05, 0.1) is 58.5 Å². The highest BCUT2D eigenvalue weighted by molar-refractivity contribution is 7.92. The molecular weight excluding hydrogens is 1010 g/mol. The van der Waals surface area contributed by atoms with Gasteiger partial charge in [-0.1, -0.05) is 34.8 Å². The van der Waals surface area contributed by atoms with Gasteiger partial charge in [0, 0.05) is 52.7 Å². The molecule has 4 N–H and O–H groups in total. The van der Waals surface area contributed by atoms with Gasteiger partial charge >= 0.3 is 12.1 Å². The molecule has 2 atom stereocenters. The second-order valence-electron chi connectivity index (χ2n) is 17.8. The van der Waals surface area contributed by atoms with Gasteiger partial charge in [-0.15, -0.1) is 0 Å². The quantitative estimate of drug-likeness (QED) is 0.105. The van der Waals surface area contributed by atoms with E-state index < -0.39 is 31.6 Å². The van der Waals surface area contributed by atoms with Crippen LogP contribution in [0.3, 0.4) is 0 Å². The molecule has 20 nitrogen and oxygen atoms in total. The number of fused-ring (bicyclic) bond motifs is 2. The van der Waals surface area contributed by atoms with Crippen molar-refractivity contribution in [2.75, 3.05) is 35.0 Å². The lowest BCUT2D eigenvalue weighted by atomic mass is 9.98. The molecule has 0 unspecified atom stereocenters. The van der Waals surface area contributed by atoms with Crippen LogP contribution in [0.1, 0.15) is 115 Å². The van der Waals surface area contributed by atoms with Gasteiger partial charge in [0.1, 0.15) is 16.4 Å². The summed E-state index contributed by atoms with van der Waals surface area (Å²) < 4.78 is 58.9. The first kappa shape index (κ1) is 53.4. The predicted octanol–water partition coefficient (Wildman–Crippen LogP) is 8.29. The van der Waals surface area contributed by atoms with Crippen molar-refractivity contribution in [3.05, 3.63) is 120 Å². The van der Waals surface area contributed by atoms with Crippen LogP contribution in [0, 0.1) is 13.8 Å². The van der Waals surface area contributed by atoms with Crippen molar-refractivity contribution in [2.45, 2.75) is 90.8 Å². The van der Waals surface area contributed by atoms with Crippen molar-refractivity contribution < 1.29 is 41.1 Å². The number of carbonyl (C=O) groups excluding carboxylic acids is 2. The SMILES string of the molecule is CS(=O)(=O)Nc1ccc(Cl)cc1C(=O)O.Cc1cc(=O)[nH]c2cc([C@@H]3CCCCN3C(=O)OC(C)(C)C)nn12.Cc1cc(Cl)nc2cc([C@@H]3CCCCN3C(=O)c3cc(Cl)ccc3NS(C)(=O)=O)nn12. The summed E-state index contributed by atoms with van der Waals surface area (Å²) in [5, 5.41) is 19.0. The lowest BCUT2D eigenvalue weighted by Gasteiger charge is -2.35. The van der Waals surface area contributed by atoms with Crippen molar-refractivity contribution >= 4 is 95.5 Å². The van der Waals surface area contributed by atoms with Gasteiger partial charge in [0.25, 0.3) is 11.5 Å². The summed E-state index contributed by atoms with van der Waals surface area (Å²) in [6.45, 7) is 10.5. The van der Waals surface area contributed by atoms with Crippen LogP contribution in [-0.4, -0.2) is 110 Å². The molecule has 0 spiro atoms. The van der Waals surface area contributed by atoms with Gasteiger partial charge in [-0.2, -0.15) is 10.2 Å². The Bertz CT molecular complexity index is 3250. The third kappa shape index (κ3) is 13.9. The highest BCUT2D eigenvalue weighted by Gasteiger charge is 2.34. The van der Waals surface area contributed by atoms with E-state index >= 15 is 0 Å². The zero-order valence-electron chi connectivity index (χ0n) is 39.3. The summed E-state index contributed by atoms with van der Waals surface area (Å²) >= 11 is 17.8. The number of anilines is 2. The number of H-pyrrole nitrogens is 1. The fourth-order valence-corrected chi connectivity index (χ4v) is 9.72. The lowest BCUT2D eigenvalue weighted by molar-refractivity contribution is 0.00893. The number of nitrogens with zero attached hydrogens (tertiary/aromatic N) is 7. The van der Waals surface area contributed by atoms with Crippen LogP contribution in [0.15, 0.2) is 65.5 Å². The number of nitrogens with one attached hydrogen (secondary N) is 3. The van der Waals surface area contributed by atoms with Crippen LogP contribution in [-0.2, 0) is 24.8 Å². The summed E-state index contributed by atoms with van der Waals surface area (Å²) in [5.41, 5.74) is 3.87. The van der Waals surface area contributed by atoms with E-state index in [1.807, 2.05) is 46.8 Å². The highest BCUT2D eigenvalue weighted by atomic mass is 35.5. The lowest BCUT2D eigenvalue weighted by Crippen LogP contribution is -2.42. The number of carbonyl (C=O) groups is 3. The number of amides is 2. The molecule has 25 heteroatoms. The Morgan fingerprint density at radius 3 is 1.81 bits per heavy atom. The number of aromatic nitrogens is 6. The van der Waals surface area contributed by atoms with E-state index in [4.69, 9.17) is 44.6 Å². The molecule has 70 heavy (non-hydrogen) atoms. The number of likely N-dealkylation sites (tertiary alicyclic amines) is 2. The number of piperidine rings is 2. The number of sulfonamides is 2. The molecule has 0 bridgehead atoms. The number of aromatic carboxylic acids is 1. The van der Waals surface area contributed by atoms with Gasteiger partial charge in [0.2, 0.25) is 20.0 Å². The van der Waals surface area contributed by atoms with Gasteiger partial charge in [-0.3, -0.25) is 23.9 Å². The largest absolute Gasteiger partial charge is 0.478 e. The standard InChI is InChI=1S/C20H21Cl2N5O3S.C17H24N4O3.C8H8ClNO4S/c1-12-9-18(22)23-19-11-16(24-27(12)19)17-5-3-4-8-26(17)20(28)14-10-13(21)6-7-15(14)25-31(2,29)30;1-11-9-15(22)18-14-10-12(19-21(11)14)13-7-5-6-8-20(13)16(23)24-17(2,3)4;1-15(13,14)10-7-3-2-5(9)4-6(7)8(11)12/h6-7,9-11,17,25H,3-5,8H2,1-2H3;9-10,13H,5-8H2,1-4H3,(H,18,22);2-4,10H,1H3,(H,11,12)/t17-;13-;/m00./s1. The van der Waals surface area contributed by atoms with Crippen LogP contribution in [0.4, 0.5) is 16.2 Å². The fourth-order valence-electron chi connectivity index (χ4n) is 7.98. The number of benzene rings is 2. The van der Waals surface area contributed by atoms with Crippen LogP contribution >= 0.6 is 34.8 Å². The molecule has 6 aromatic rings. The number of aryl methyl sites for hydroxylation is 2. The molecule has 376 valence electrons. The Labute approximate surface area is 419 Å². The predicted molar refractivity (Wildman–Crippen MR) is 267 cm³/mol. The van der Waals surface area contributed by atoms with Crippen molar-refractivity contribution in [3.8, 4) is 0 Å². The minimum Gasteiger partial charge on any atom is -0.478 e. The Balaban J connectivity index is 0.000000183. The van der Waals surface area contributed by atoms with Crippen LogP contribution < -0.4 is 15.0 Å². The average Bonchev–Trinajstić information content (AvgIpc) is 3.89. The van der Waals surface area contributed by atoms with Crippen molar-refractivity contribution in [1.29, 1.82) is 0 Å². The number of aromatic amines is 1. The molecule has 2 amide bonds. The molecule has 2 aromatic carbocycles. The molecule has 4 aromatic heterocycles. The molecular formula is C45H53Cl3N10O10S2. The molecule has 2 aliphatic rings. The number of carboxylic acids is 1. The van der Waals surface area contributed by atoms with E-state index in [0.717, 1.165) is 68.1 Å². The minimum absolute atomic E-state index is 0.00519. The summed E-state index contributed by atoms with van der Waals surface area (Å²) in [4.78, 5) is 59.1. The van der Waals surface area contributed by atoms with Crippen molar-refractivity contribution in [1.82, 2.24) is 39.0 Å². The number of hydrogen-bond acceptors (Lipinski definition) is 12. The van der Waals surface area contributed by atoms with Crippen molar-refractivity contribution in [3.63, 3.8) is 0 Å². The molecule has 0 aliphatic carbocycles. The first-order valence-electron chi connectivity index (χ1n) is 21.9. The minimum atomic E-state index is -3.57. The van der Waals surface area contributed by atoms with Crippen molar-refractivity contribution in [2.24, 2.45) is 0 Å². The van der Waals surface area contributed by atoms with E-state index in [-0.39, 0.29) is 57.2 Å². The molecule has 2 saturated heterocycles. The number of rotatable bonds is 8. The van der Waals surface area contributed by atoms with Crippen LogP contribution in [0.5, 0.6) is 0 Å². The second-order valence-corrected chi connectivity index (χ2v) is 22.6. The normalized spacial score (nSPS) is 16.4. The Morgan fingerprint density at radius 1 is 0.729 bits per heavy atom. The number of halogens is 3. The molecule has 0 radical (unpaired) electrons. The number of hydrogen-bond donors (Lipinski definition) is 4. The van der Waals surface area contributed by atoms with Crippen LogP contribution in [0.25, 0.3) is 11.3 Å². The summed E-state index contributed by atoms with van der Waals surface area (Å²) in [6, 6.07) is 14.9. The Hall–Kier alpha value is -5.94. The average molecular weight is 1060 g/mol. The number of ether oxygens (including phenoxy) is 1. The number of carboxylic acid groups (broad SMARTS) is 1. The third-order valence-corrected chi connectivity index (χ3v) is 12.7. The molecule has 0 saturated carbocycles. The fraction of sp³-hybridized carbons (Fsp3) is 0.400. The van der Waals surface area contributed by atoms with E-state index in [9.17, 15) is 36.0 Å². The summed E-state index contributed by atoms with van der Waals surface area (Å²) in [7, 11) is -7.07. The van der Waals surface area contributed by atoms with E-state index in [0.29, 0.717) is 40.3 Å². The van der Waals surface area contributed by atoms with Crippen LogP contribution in [0.2, 0.25) is 15.2 Å². The monoisotopic (exact) mass is 1060 g/mol. The molecule has 8 rings (SSSR count). The first-order valence-corrected chi connectivity index (χ1v) is 26.8. The zero-order chi connectivity index (χ0) is 51.5. The second kappa shape index (κ2) is 21.6. The van der Waals surface area contributed by atoms with Gasteiger partial charge < -0.3 is 19.7 Å². The smallest absolute Gasteiger partial charge is 0.410 e. The van der Waals surface area contributed by atoms with Gasteiger partial charge in [-0.25, -0.2) is 40.4 Å². The Kier molecular flexibility index (Phi) is 16.5. The maximum atomic E-state index is 13.5. The van der Waals surface area contributed by atoms with E-state index in [1.54, 1.807) is 31.0 Å². The molecule has 2 fully saturated rings. The maximum Gasteiger partial charge on any atom is 0.410 e.